The van der Waals surface area contributed by atoms with Gasteiger partial charge in [-0.3, -0.25) is 0 Å². The zero-order valence-corrected chi connectivity index (χ0v) is 14.7. The predicted molar refractivity (Wildman–Crippen MR) is 81.9 cm³/mol. The first kappa shape index (κ1) is 15.5. The lowest BCUT2D eigenvalue weighted by atomic mass is 10.0. The fourth-order valence-electron chi connectivity index (χ4n) is 1.58. The van der Waals surface area contributed by atoms with Crippen LogP contribution in [0.25, 0.3) is 0 Å². The summed E-state index contributed by atoms with van der Waals surface area (Å²) < 4.78 is 39.9. The molecule has 1 aromatic heterocycles. The molecular formula is C12H6Br3F3S. The number of rotatable bonds is 2. The molecule has 1 aromatic carbocycles. The van der Waals surface area contributed by atoms with Crippen molar-refractivity contribution in [3.8, 4) is 0 Å². The van der Waals surface area contributed by atoms with Gasteiger partial charge in [-0.2, -0.15) is 13.2 Å². The van der Waals surface area contributed by atoms with Crippen LogP contribution < -0.4 is 0 Å². The number of halogens is 6. The fourth-order valence-corrected chi connectivity index (χ4v) is 5.58. The molecule has 0 spiro atoms. The summed E-state index contributed by atoms with van der Waals surface area (Å²) in [6.07, 6.45) is -4.32. The lowest BCUT2D eigenvalue weighted by molar-refractivity contribution is -0.137. The topological polar surface area (TPSA) is 0 Å². The van der Waals surface area contributed by atoms with Gasteiger partial charge in [0, 0.05) is 0 Å². The number of hydrogen-bond acceptors (Lipinski definition) is 1. The predicted octanol–water partition coefficient (Wildman–Crippen LogP) is 6.78. The largest absolute Gasteiger partial charge is 0.416 e. The number of benzene rings is 1. The molecule has 0 aliphatic heterocycles. The van der Waals surface area contributed by atoms with Gasteiger partial charge in [0.05, 0.1) is 18.0 Å². The maximum atomic E-state index is 12.7. The monoisotopic (exact) mass is 476 g/mol. The van der Waals surface area contributed by atoms with Crippen molar-refractivity contribution in [2.75, 3.05) is 0 Å². The molecule has 1 unspecified atom stereocenters. The van der Waals surface area contributed by atoms with Crippen molar-refractivity contribution in [1.82, 2.24) is 0 Å². The van der Waals surface area contributed by atoms with Crippen LogP contribution in [0.2, 0.25) is 0 Å². The Labute approximate surface area is 137 Å². The highest BCUT2D eigenvalue weighted by Gasteiger charge is 2.31. The molecule has 0 radical (unpaired) electrons. The summed E-state index contributed by atoms with van der Waals surface area (Å²) in [5.74, 6) is 0. The SMILES string of the molecule is FC(F)(F)c1cccc(C(Br)c2cc(Br)sc2Br)c1. The second-order valence-electron chi connectivity index (χ2n) is 3.77. The van der Waals surface area contributed by atoms with E-state index < -0.39 is 11.7 Å². The summed E-state index contributed by atoms with van der Waals surface area (Å²) in [4.78, 5) is -0.285. The van der Waals surface area contributed by atoms with E-state index in [-0.39, 0.29) is 4.83 Å². The fraction of sp³-hybridized carbons (Fsp3) is 0.167. The molecule has 0 amide bonds. The van der Waals surface area contributed by atoms with Gasteiger partial charge in [-0.05, 0) is 55.1 Å². The molecule has 2 aromatic rings. The molecule has 0 bridgehead atoms. The highest BCUT2D eigenvalue weighted by molar-refractivity contribution is 9.12. The van der Waals surface area contributed by atoms with Crippen molar-refractivity contribution in [2.24, 2.45) is 0 Å². The molecular weight excluding hydrogens is 473 g/mol. The zero-order chi connectivity index (χ0) is 14.2. The number of alkyl halides is 4. The average molecular weight is 479 g/mol. The molecule has 1 atom stereocenters. The van der Waals surface area contributed by atoms with Gasteiger partial charge >= 0.3 is 6.18 Å². The van der Waals surface area contributed by atoms with Crippen LogP contribution in [0, 0.1) is 0 Å². The van der Waals surface area contributed by atoms with Gasteiger partial charge in [0.2, 0.25) is 0 Å². The Bertz CT molecular complexity index is 592. The van der Waals surface area contributed by atoms with Gasteiger partial charge in [-0.15, -0.1) is 11.3 Å². The molecule has 1 heterocycles. The van der Waals surface area contributed by atoms with Gasteiger partial charge in [0.25, 0.3) is 0 Å². The first-order valence-electron chi connectivity index (χ1n) is 5.05. The van der Waals surface area contributed by atoms with Crippen LogP contribution in [0.4, 0.5) is 13.2 Å². The van der Waals surface area contributed by atoms with E-state index in [1.807, 2.05) is 6.07 Å². The van der Waals surface area contributed by atoms with E-state index in [9.17, 15) is 13.2 Å². The summed E-state index contributed by atoms with van der Waals surface area (Å²) in [6, 6.07) is 7.21. The molecule has 0 aliphatic rings. The third-order valence-corrected chi connectivity index (χ3v) is 5.87. The van der Waals surface area contributed by atoms with Crippen LogP contribution >= 0.6 is 59.1 Å². The van der Waals surface area contributed by atoms with Crippen LogP contribution in [0.1, 0.15) is 21.5 Å². The zero-order valence-electron chi connectivity index (χ0n) is 9.14. The molecule has 0 fully saturated rings. The third-order valence-electron chi connectivity index (χ3n) is 2.46. The average Bonchev–Trinajstić information content (AvgIpc) is 2.66. The Kier molecular flexibility index (Phi) is 4.80. The molecule has 0 nitrogen and oxygen atoms in total. The van der Waals surface area contributed by atoms with E-state index in [1.165, 1.54) is 17.4 Å². The first-order valence-corrected chi connectivity index (χ1v) is 8.37. The normalized spacial score (nSPS) is 13.6. The summed E-state index contributed by atoms with van der Waals surface area (Å²) in [5.41, 5.74) is 0.830. The van der Waals surface area contributed by atoms with Crippen molar-refractivity contribution < 1.29 is 13.2 Å². The van der Waals surface area contributed by atoms with E-state index in [0.29, 0.717) is 5.56 Å². The number of hydrogen-bond donors (Lipinski definition) is 0. The second kappa shape index (κ2) is 5.87. The minimum atomic E-state index is -4.32. The smallest absolute Gasteiger partial charge is 0.166 e. The van der Waals surface area contributed by atoms with Gasteiger partial charge in [0.15, 0.2) is 0 Å². The Balaban J connectivity index is 2.39. The lowest BCUT2D eigenvalue weighted by Crippen LogP contribution is -2.05. The Morgan fingerprint density at radius 2 is 1.79 bits per heavy atom. The van der Waals surface area contributed by atoms with Gasteiger partial charge < -0.3 is 0 Å². The molecule has 102 valence electrons. The van der Waals surface area contributed by atoms with Crippen LogP contribution in [-0.4, -0.2) is 0 Å². The summed E-state index contributed by atoms with van der Waals surface area (Å²) in [6.45, 7) is 0. The standard InChI is InChI=1S/C12H6Br3F3S/c13-9-5-8(11(15)19-9)10(14)6-2-1-3-7(4-6)12(16,17)18/h1-5,10H. The minimum absolute atomic E-state index is 0.285. The van der Waals surface area contributed by atoms with E-state index in [4.69, 9.17) is 0 Å². The Morgan fingerprint density at radius 1 is 1.11 bits per heavy atom. The maximum absolute atomic E-state index is 12.7. The number of thiophene rings is 1. The quantitative estimate of drug-likeness (QED) is 0.417. The lowest BCUT2D eigenvalue weighted by Gasteiger charge is -2.13. The van der Waals surface area contributed by atoms with E-state index in [2.05, 4.69) is 47.8 Å². The van der Waals surface area contributed by atoms with E-state index in [0.717, 1.165) is 25.3 Å². The van der Waals surface area contributed by atoms with Crippen LogP contribution in [0.3, 0.4) is 0 Å². The molecule has 2 rings (SSSR count). The third kappa shape index (κ3) is 3.62. The molecule has 0 aliphatic carbocycles. The summed E-state index contributed by atoms with van der Waals surface area (Å²) >= 11 is 11.7. The van der Waals surface area contributed by atoms with Crippen molar-refractivity contribution in [3.05, 3.63) is 54.6 Å². The van der Waals surface area contributed by atoms with Gasteiger partial charge in [0.1, 0.15) is 0 Å². The molecule has 0 N–H and O–H groups in total. The van der Waals surface area contributed by atoms with E-state index in [1.54, 1.807) is 6.07 Å². The van der Waals surface area contributed by atoms with Crippen molar-refractivity contribution in [2.45, 2.75) is 11.0 Å². The molecule has 19 heavy (non-hydrogen) atoms. The second-order valence-corrected chi connectivity index (χ2v) is 8.43. The van der Waals surface area contributed by atoms with Gasteiger partial charge in [-0.25, -0.2) is 0 Å². The molecule has 0 saturated heterocycles. The van der Waals surface area contributed by atoms with Crippen molar-refractivity contribution >= 4 is 59.1 Å². The molecule has 7 heteroatoms. The van der Waals surface area contributed by atoms with Crippen LogP contribution in [0.5, 0.6) is 0 Å². The highest BCUT2D eigenvalue weighted by atomic mass is 79.9. The van der Waals surface area contributed by atoms with E-state index >= 15 is 0 Å². The van der Waals surface area contributed by atoms with Crippen LogP contribution in [-0.2, 0) is 6.18 Å². The van der Waals surface area contributed by atoms with Gasteiger partial charge in [-0.1, -0.05) is 34.1 Å². The molecule has 0 saturated carbocycles. The first-order chi connectivity index (χ1) is 8.79. The van der Waals surface area contributed by atoms with Crippen molar-refractivity contribution in [1.29, 1.82) is 0 Å². The van der Waals surface area contributed by atoms with Crippen LogP contribution in [0.15, 0.2) is 37.9 Å². The Hall–Kier alpha value is 0.150. The maximum Gasteiger partial charge on any atom is 0.416 e. The highest BCUT2D eigenvalue weighted by Crippen LogP contribution is 2.42. The minimum Gasteiger partial charge on any atom is -0.166 e. The summed E-state index contributed by atoms with van der Waals surface area (Å²) in [5, 5.41) is 0. The summed E-state index contributed by atoms with van der Waals surface area (Å²) in [7, 11) is 0. The van der Waals surface area contributed by atoms with Crippen molar-refractivity contribution in [3.63, 3.8) is 0 Å². The Morgan fingerprint density at radius 3 is 2.32 bits per heavy atom.